The number of allylic oxidation sites excluding steroid dienone is 3. The predicted octanol–water partition coefficient (Wildman–Crippen LogP) is 0.387. The fourth-order valence-electron chi connectivity index (χ4n) is 2.06. The molecule has 0 spiro atoms. The van der Waals surface area contributed by atoms with Gasteiger partial charge in [-0.15, -0.1) is 0 Å². The Morgan fingerprint density at radius 1 is 1.17 bits per heavy atom. The zero-order chi connectivity index (χ0) is 16.8. The number of hydrogen-bond acceptors (Lipinski definition) is 4. The van der Waals surface area contributed by atoms with Gasteiger partial charge in [0.25, 0.3) is 11.8 Å². The third-order valence-electron chi connectivity index (χ3n) is 3.38. The molecule has 2 aliphatic rings. The number of nitrogens with one attached hydrogen (secondary N) is 2. The van der Waals surface area contributed by atoms with Crippen molar-refractivity contribution in [3.05, 3.63) is 24.3 Å². The Labute approximate surface area is 134 Å². The van der Waals surface area contributed by atoms with Crippen molar-refractivity contribution in [3.63, 3.8) is 0 Å². The van der Waals surface area contributed by atoms with E-state index in [2.05, 4.69) is 20.6 Å². The molecule has 0 aromatic rings. The Balaban J connectivity index is 1.79. The van der Waals surface area contributed by atoms with Crippen LogP contribution in [0.4, 0.5) is 0 Å². The summed E-state index contributed by atoms with van der Waals surface area (Å²) < 4.78 is 0. The average Bonchev–Trinajstić information content (AvgIpc) is 2.54. The van der Waals surface area contributed by atoms with Crippen molar-refractivity contribution in [1.29, 1.82) is 0 Å². The summed E-state index contributed by atoms with van der Waals surface area (Å²) in [5.41, 5.74) is 0.529. The summed E-state index contributed by atoms with van der Waals surface area (Å²) in [6, 6.07) is 0. The van der Waals surface area contributed by atoms with Gasteiger partial charge in [-0.1, -0.05) is 32.1 Å². The molecule has 1 atom stereocenters. The number of aliphatic imine (C=N–C) groups is 2. The van der Waals surface area contributed by atoms with Gasteiger partial charge in [0.1, 0.15) is 5.92 Å². The topological polar surface area (TPSA) is 100.0 Å². The van der Waals surface area contributed by atoms with Gasteiger partial charge in [0.2, 0.25) is 11.7 Å². The normalized spacial score (nSPS) is 19.1. The zero-order valence-electron chi connectivity index (χ0n) is 13.2. The molecule has 1 unspecified atom stereocenters. The molecule has 7 nitrogen and oxygen atoms in total. The van der Waals surface area contributed by atoms with Crippen molar-refractivity contribution in [2.45, 2.75) is 20.3 Å². The largest absolute Gasteiger partial charge is 0.356 e. The van der Waals surface area contributed by atoms with Crippen molar-refractivity contribution in [3.8, 4) is 0 Å². The number of carbonyl (C=O) groups is 3. The van der Waals surface area contributed by atoms with Crippen molar-refractivity contribution in [2.24, 2.45) is 21.8 Å². The molecule has 1 heterocycles. The first-order valence-corrected chi connectivity index (χ1v) is 7.61. The molecule has 0 saturated carbocycles. The van der Waals surface area contributed by atoms with Crippen LogP contribution in [0.3, 0.4) is 0 Å². The van der Waals surface area contributed by atoms with Crippen LogP contribution in [-0.2, 0) is 14.4 Å². The highest BCUT2D eigenvalue weighted by atomic mass is 16.2. The van der Waals surface area contributed by atoms with Gasteiger partial charge in [0.15, 0.2) is 0 Å². The van der Waals surface area contributed by atoms with Crippen molar-refractivity contribution >= 4 is 29.3 Å². The minimum absolute atomic E-state index is 0.0202. The molecule has 23 heavy (non-hydrogen) atoms. The standard InChI is InChI=1S/C16H20N4O3/c1-10(2)14(21)17-8-5-9-18-16(23)13-19-12-7-4-3-6-11(12)15(22)20-13/h3-4,6-7,10-11H,5,8-9H2,1-2H3,(H,17,21)(H,18,23). The molecule has 1 aliphatic carbocycles. The van der Waals surface area contributed by atoms with Crippen LogP contribution in [0.5, 0.6) is 0 Å². The predicted molar refractivity (Wildman–Crippen MR) is 87.1 cm³/mol. The van der Waals surface area contributed by atoms with Gasteiger partial charge in [-0.2, -0.15) is 4.99 Å². The van der Waals surface area contributed by atoms with E-state index < -0.39 is 11.8 Å². The second-order valence-corrected chi connectivity index (χ2v) is 5.59. The fourth-order valence-corrected chi connectivity index (χ4v) is 2.06. The van der Waals surface area contributed by atoms with Crippen LogP contribution in [0.25, 0.3) is 0 Å². The van der Waals surface area contributed by atoms with E-state index in [1.807, 2.05) is 13.8 Å². The SMILES string of the molecule is CC(C)C(=O)NCCCNC(=O)C1=NC(=O)C2C=CC=CC2=N1. The summed E-state index contributed by atoms with van der Waals surface area (Å²) in [4.78, 5) is 43.1. The van der Waals surface area contributed by atoms with Gasteiger partial charge in [0, 0.05) is 19.0 Å². The lowest BCUT2D eigenvalue weighted by molar-refractivity contribution is -0.124. The maximum absolute atomic E-state index is 12.0. The lowest BCUT2D eigenvalue weighted by atomic mass is 9.96. The van der Waals surface area contributed by atoms with Gasteiger partial charge < -0.3 is 10.6 Å². The molecule has 7 heteroatoms. The maximum atomic E-state index is 12.0. The molecule has 0 saturated heterocycles. The summed E-state index contributed by atoms with van der Waals surface area (Å²) in [7, 11) is 0. The minimum atomic E-state index is -0.484. The quantitative estimate of drug-likeness (QED) is 0.693. The number of fused-ring (bicyclic) bond motifs is 1. The van der Waals surface area contributed by atoms with Crippen molar-refractivity contribution in [2.75, 3.05) is 13.1 Å². The summed E-state index contributed by atoms with van der Waals surface area (Å²) in [5, 5.41) is 5.41. The smallest absolute Gasteiger partial charge is 0.289 e. The number of nitrogens with zero attached hydrogens (tertiary/aromatic N) is 2. The molecular weight excluding hydrogens is 296 g/mol. The summed E-state index contributed by atoms with van der Waals surface area (Å²) in [5.74, 6) is -1.55. The number of rotatable bonds is 6. The molecule has 0 bridgehead atoms. The monoisotopic (exact) mass is 316 g/mol. The van der Waals surface area contributed by atoms with E-state index in [1.165, 1.54) is 0 Å². The Kier molecular flexibility index (Phi) is 5.56. The number of amides is 3. The molecule has 0 aromatic carbocycles. The first-order chi connectivity index (χ1) is 11.0. The minimum Gasteiger partial charge on any atom is -0.356 e. The third-order valence-corrected chi connectivity index (χ3v) is 3.38. The molecule has 0 fully saturated rings. The summed E-state index contributed by atoms with van der Waals surface area (Å²) in [6.07, 6.45) is 7.52. The van der Waals surface area contributed by atoms with Crippen LogP contribution in [0, 0.1) is 11.8 Å². The van der Waals surface area contributed by atoms with Crippen LogP contribution in [0.2, 0.25) is 0 Å². The highest BCUT2D eigenvalue weighted by molar-refractivity contribution is 6.44. The van der Waals surface area contributed by atoms with Crippen molar-refractivity contribution in [1.82, 2.24) is 10.6 Å². The third kappa shape index (κ3) is 4.45. The lowest BCUT2D eigenvalue weighted by Gasteiger charge is -2.17. The number of amidine groups is 1. The van der Waals surface area contributed by atoms with Crippen LogP contribution in [-0.4, -0.2) is 42.4 Å². The van der Waals surface area contributed by atoms with E-state index in [4.69, 9.17) is 0 Å². The summed E-state index contributed by atoms with van der Waals surface area (Å²) >= 11 is 0. The Bertz CT molecular complexity index is 629. The molecule has 3 amide bonds. The van der Waals surface area contributed by atoms with E-state index >= 15 is 0 Å². The lowest BCUT2D eigenvalue weighted by Crippen LogP contribution is -2.37. The van der Waals surface area contributed by atoms with Crippen LogP contribution >= 0.6 is 0 Å². The van der Waals surface area contributed by atoms with Gasteiger partial charge in [-0.3, -0.25) is 14.4 Å². The van der Waals surface area contributed by atoms with Crippen LogP contribution in [0.1, 0.15) is 20.3 Å². The zero-order valence-corrected chi connectivity index (χ0v) is 13.2. The van der Waals surface area contributed by atoms with Crippen LogP contribution < -0.4 is 10.6 Å². The second kappa shape index (κ2) is 7.62. The Morgan fingerprint density at radius 3 is 2.65 bits per heavy atom. The molecule has 2 rings (SSSR count). The fraction of sp³-hybridized carbons (Fsp3) is 0.438. The first kappa shape index (κ1) is 16.8. The van der Waals surface area contributed by atoms with Gasteiger partial charge in [0.05, 0.1) is 5.71 Å². The molecule has 1 aliphatic heterocycles. The van der Waals surface area contributed by atoms with E-state index in [1.54, 1.807) is 24.3 Å². The molecule has 122 valence electrons. The Morgan fingerprint density at radius 2 is 1.91 bits per heavy atom. The summed E-state index contributed by atoms with van der Waals surface area (Å²) in [6.45, 7) is 4.48. The number of hydrogen-bond donors (Lipinski definition) is 2. The van der Waals surface area contributed by atoms with Gasteiger partial charge in [-0.05, 0) is 12.5 Å². The first-order valence-electron chi connectivity index (χ1n) is 7.61. The molecular formula is C16H20N4O3. The highest BCUT2D eigenvalue weighted by Crippen LogP contribution is 2.16. The van der Waals surface area contributed by atoms with E-state index in [9.17, 15) is 14.4 Å². The average molecular weight is 316 g/mol. The van der Waals surface area contributed by atoms with E-state index in [0.717, 1.165) is 0 Å². The van der Waals surface area contributed by atoms with E-state index in [0.29, 0.717) is 25.2 Å². The Hall–Kier alpha value is -2.57. The van der Waals surface area contributed by atoms with Crippen molar-refractivity contribution < 1.29 is 14.4 Å². The second-order valence-electron chi connectivity index (χ2n) is 5.59. The molecule has 2 N–H and O–H groups in total. The maximum Gasteiger partial charge on any atom is 0.289 e. The molecule has 0 radical (unpaired) electrons. The highest BCUT2D eigenvalue weighted by Gasteiger charge is 2.28. The molecule has 0 aromatic heterocycles. The van der Waals surface area contributed by atoms with Crippen LogP contribution in [0.15, 0.2) is 34.3 Å². The number of carbonyl (C=O) groups excluding carboxylic acids is 3. The van der Waals surface area contributed by atoms with Gasteiger partial charge >= 0.3 is 0 Å². The van der Waals surface area contributed by atoms with E-state index in [-0.39, 0.29) is 23.6 Å². The van der Waals surface area contributed by atoms with Gasteiger partial charge in [-0.25, -0.2) is 4.99 Å².